The van der Waals surface area contributed by atoms with Gasteiger partial charge in [-0.2, -0.15) is 0 Å². The number of carboxylic acid groups (broad SMARTS) is 1. The Kier molecular flexibility index (Phi) is 5.56. The van der Waals surface area contributed by atoms with E-state index in [0.29, 0.717) is 0 Å². The van der Waals surface area contributed by atoms with E-state index >= 15 is 0 Å². The fourth-order valence-electron chi connectivity index (χ4n) is 1.66. The third-order valence-corrected chi connectivity index (χ3v) is 2.95. The molecule has 0 unspecified atom stereocenters. The number of carboxylic acids is 1. The van der Waals surface area contributed by atoms with Crippen LogP contribution in [-0.4, -0.2) is 44.9 Å². The molecule has 2 atom stereocenters. The van der Waals surface area contributed by atoms with Crippen molar-refractivity contribution >= 4 is 17.8 Å². The second-order valence-corrected chi connectivity index (χ2v) is 5.94. The minimum atomic E-state index is -1.15. The second kappa shape index (κ2) is 6.97. The molecule has 8 heteroatoms. The molecule has 0 aromatic carbocycles. The Morgan fingerprint density at radius 3 is 2.32 bits per heavy atom. The van der Waals surface area contributed by atoms with Gasteiger partial charge in [-0.1, -0.05) is 20.8 Å². The van der Waals surface area contributed by atoms with E-state index in [1.165, 1.54) is 25.5 Å². The van der Waals surface area contributed by atoms with Crippen LogP contribution in [0.25, 0.3) is 0 Å². The van der Waals surface area contributed by atoms with Crippen LogP contribution < -0.4 is 10.6 Å². The zero-order valence-electron chi connectivity index (χ0n) is 13.0. The summed E-state index contributed by atoms with van der Waals surface area (Å²) in [5.74, 6) is -2.24. The highest BCUT2D eigenvalue weighted by Crippen LogP contribution is 2.20. The summed E-state index contributed by atoms with van der Waals surface area (Å²) in [4.78, 5) is 42.7. The van der Waals surface area contributed by atoms with Crippen molar-refractivity contribution in [2.45, 2.75) is 39.8 Å². The number of hydrogen-bond donors (Lipinski definition) is 3. The molecule has 0 fully saturated rings. The molecule has 1 aromatic heterocycles. The quantitative estimate of drug-likeness (QED) is 0.715. The van der Waals surface area contributed by atoms with Gasteiger partial charge in [0.15, 0.2) is 0 Å². The highest BCUT2D eigenvalue weighted by molar-refractivity contribution is 5.97. The summed E-state index contributed by atoms with van der Waals surface area (Å²) in [7, 11) is 0. The van der Waals surface area contributed by atoms with Gasteiger partial charge < -0.3 is 15.7 Å². The fourth-order valence-corrected chi connectivity index (χ4v) is 1.66. The van der Waals surface area contributed by atoms with Gasteiger partial charge in [0.2, 0.25) is 5.91 Å². The van der Waals surface area contributed by atoms with E-state index in [1.54, 1.807) is 20.8 Å². The predicted molar refractivity (Wildman–Crippen MR) is 78.0 cm³/mol. The summed E-state index contributed by atoms with van der Waals surface area (Å²) in [5.41, 5.74) is -0.478. The fraction of sp³-hybridized carbons (Fsp3) is 0.500. The number of amides is 2. The van der Waals surface area contributed by atoms with E-state index in [2.05, 4.69) is 20.6 Å². The first kappa shape index (κ1) is 17.5. The minimum Gasteiger partial charge on any atom is -0.480 e. The molecule has 0 radical (unpaired) electrons. The van der Waals surface area contributed by atoms with Crippen LogP contribution in [0.5, 0.6) is 0 Å². The Hall–Kier alpha value is -2.51. The average Bonchev–Trinajstić information content (AvgIpc) is 2.43. The average molecular weight is 308 g/mol. The Balaban J connectivity index is 2.88. The van der Waals surface area contributed by atoms with Gasteiger partial charge in [-0.15, -0.1) is 0 Å². The monoisotopic (exact) mass is 308 g/mol. The van der Waals surface area contributed by atoms with Gasteiger partial charge in [-0.3, -0.25) is 14.4 Å². The molecule has 0 aliphatic heterocycles. The maximum absolute atomic E-state index is 12.2. The predicted octanol–water partition coefficient (Wildman–Crippen LogP) is 0.210. The molecular weight excluding hydrogens is 288 g/mol. The van der Waals surface area contributed by atoms with Gasteiger partial charge >= 0.3 is 5.97 Å². The molecule has 22 heavy (non-hydrogen) atoms. The zero-order chi connectivity index (χ0) is 16.9. The lowest BCUT2D eigenvalue weighted by atomic mass is 9.86. The largest absolute Gasteiger partial charge is 0.480 e. The lowest BCUT2D eigenvalue weighted by Crippen LogP contribution is -2.56. The zero-order valence-corrected chi connectivity index (χ0v) is 13.0. The molecule has 0 bridgehead atoms. The summed E-state index contributed by atoms with van der Waals surface area (Å²) >= 11 is 0. The van der Waals surface area contributed by atoms with Gasteiger partial charge in [-0.25, -0.2) is 9.97 Å². The van der Waals surface area contributed by atoms with Crippen LogP contribution in [0.15, 0.2) is 18.6 Å². The Morgan fingerprint density at radius 1 is 1.23 bits per heavy atom. The number of aromatic nitrogens is 2. The Morgan fingerprint density at radius 2 is 1.86 bits per heavy atom. The van der Waals surface area contributed by atoms with Gasteiger partial charge in [-0.05, 0) is 18.4 Å². The van der Waals surface area contributed by atoms with E-state index in [1.807, 2.05) is 0 Å². The molecule has 0 aliphatic rings. The van der Waals surface area contributed by atoms with Crippen LogP contribution in [0, 0.1) is 5.41 Å². The summed E-state index contributed by atoms with van der Waals surface area (Å²) < 4.78 is 0. The highest BCUT2D eigenvalue weighted by atomic mass is 16.4. The van der Waals surface area contributed by atoms with Gasteiger partial charge in [0, 0.05) is 6.20 Å². The van der Waals surface area contributed by atoms with Crippen molar-refractivity contribution in [3.8, 4) is 0 Å². The van der Waals surface area contributed by atoms with Crippen molar-refractivity contribution in [2.75, 3.05) is 0 Å². The van der Waals surface area contributed by atoms with Crippen molar-refractivity contribution in [3.05, 3.63) is 24.3 Å². The molecule has 0 saturated carbocycles. The standard InChI is InChI=1S/C14H20N4O4/c1-8(13(21)22)17-12(20)10(14(2,3)4)18-11(19)9-5-6-15-7-16-9/h5-8,10H,1-4H3,(H,17,20)(H,18,19)(H,21,22)/t8-,10+/m0/s1. The van der Waals surface area contributed by atoms with Crippen LogP contribution >= 0.6 is 0 Å². The van der Waals surface area contributed by atoms with Crippen molar-refractivity contribution in [1.82, 2.24) is 20.6 Å². The van der Waals surface area contributed by atoms with E-state index in [4.69, 9.17) is 5.11 Å². The maximum Gasteiger partial charge on any atom is 0.325 e. The lowest BCUT2D eigenvalue weighted by Gasteiger charge is -2.30. The number of nitrogens with zero attached hydrogens (tertiary/aromatic N) is 2. The van der Waals surface area contributed by atoms with Crippen molar-refractivity contribution in [2.24, 2.45) is 5.41 Å². The molecule has 0 spiro atoms. The smallest absolute Gasteiger partial charge is 0.325 e. The SMILES string of the molecule is C[C@H](NC(=O)[C@@H](NC(=O)c1ccncn1)C(C)(C)C)C(=O)O. The lowest BCUT2D eigenvalue weighted by molar-refractivity contribution is -0.142. The third kappa shape index (κ3) is 4.80. The van der Waals surface area contributed by atoms with Crippen LogP contribution in [0.1, 0.15) is 38.2 Å². The van der Waals surface area contributed by atoms with Crippen LogP contribution in [-0.2, 0) is 9.59 Å². The molecule has 0 aliphatic carbocycles. The molecule has 3 N–H and O–H groups in total. The van der Waals surface area contributed by atoms with Crippen molar-refractivity contribution in [1.29, 1.82) is 0 Å². The summed E-state index contributed by atoms with van der Waals surface area (Å²) in [5, 5.41) is 13.8. The van der Waals surface area contributed by atoms with Crippen molar-refractivity contribution < 1.29 is 19.5 Å². The van der Waals surface area contributed by atoms with Gasteiger partial charge in [0.05, 0.1) is 0 Å². The summed E-state index contributed by atoms with van der Waals surface area (Å²) in [6.45, 7) is 6.65. The topological polar surface area (TPSA) is 121 Å². The summed E-state index contributed by atoms with van der Waals surface area (Å²) in [6.07, 6.45) is 2.65. The molecule has 1 heterocycles. The van der Waals surface area contributed by atoms with Gasteiger partial charge in [0.1, 0.15) is 24.1 Å². The van der Waals surface area contributed by atoms with E-state index in [9.17, 15) is 14.4 Å². The first-order valence-corrected chi connectivity index (χ1v) is 6.73. The maximum atomic E-state index is 12.2. The minimum absolute atomic E-state index is 0.128. The normalized spacial score (nSPS) is 13.8. The number of carbonyl (C=O) groups excluding carboxylic acids is 2. The number of aliphatic carboxylic acids is 1. The Labute approximate surface area is 128 Å². The highest BCUT2D eigenvalue weighted by Gasteiger charge is 2.34. The number of nitrogens with one attached hydrogen (secondary N) is 2. The van der Waals surface area contributed by atoms with E-state index in [-0.39, 0.29) is 5.69 Å². The number of rotatable bonds is 5. The van der Waals surface area contributed by atoms with Gasteiger partial charge in [0.25, 0.3) is 5.91 Å². The molecule has 0 saturated heterocycles. The van der Waals surface area contributed by atoms with Crippen LogP contribution in [0.4, 0.5) is 0 Å². The molecule has 1 aromatic rings. The van der Waals surface area contributed by atoms with Crippen molar-refractivity contribution in [3.63, 3.8) is 0 Å². The number of carbonyl (C=O) groups is 3. The molecule has 120 valence electrons. The summed E-state index contributed by atoms with van der Waals surface area (Å²) in [6, 6.07) is -0.530. The van der Waals surface area contributed by atoms with Crippen LogP contribution in [0.3, 0.4) is 0 Å². The van der Waals surface area contributed by atoms with Crippen LogP contribution in [0.2, 0.25) is 0 Å². The Bertz CT molecular complexity index is 554. The molecule has 1 rings (SSSR count). The second-order valence-electron chi connectivity index (χ2n) is 5.94. The van der Waals surface area contributed by atoms with E-state index in [0.717, 1.165) is 0 Å². The first-order chi connectivity index (χ1) is 10.1. The third-order valence-electron chi connectivity index (χ3n) is 2.95. The first-order valence-electron chi connectivity index (χ1n) is 6.73. The molecule has 8 nitrogen and oxygen atoms in total. The molecular formula is C14H20N4O4. The van der Waals surface area contributed by atoms with E-state index < -0.39 is 35.3 Å². The molecule has 2 amide bonds. The number of hydrogen-bond acceptors (Lipinski definition) is 5.